The molecule has 8 heteroatoms. The van der Waals surface area contributed by atoms with Crippen LogP contribution in [0, 0.1) is 5.82 Å². The van der Waals surface area contributed by atoms with Crippen molar-refractivity contribution in [3.8, 4) is 11.5 Å². The van der Waals surface area contributed by atoms with Crippen LogP contribution in [0.4, 0.5) is 4.39 Å². The van der Waals surface area contributed by atoms with E-state index in [0.717, 1.165) is 0 Å². The lowest BCUT2D eigenvalue weighted by Gasteiger charge is -2.15. The van der Waals surface area contributed by atoms with Crippen LogP contribution in [0.3, 0.4) is 0 Å². The summed E-state index contributed by atoms with van der Waals surface area (Å²) in [5, 5.41) is 3.60. The zero-order valence-electron chi connectivity index (χ0n) is 16.0. The van der Waals surface area contributed by atoms with Crippen molar-refractivity contribution in [2.75, 3.05) is 13.2 Å². The third-order valence-corrected chi connectivity index (χ3v) is 4.80. The number of likely N-dealkylation sites (N-methyl/N-ethyl adjacent to an activating group) is 1. The van der Waals surface area contributed by atoms with Crippen molar-refractivity contribution in [3.05, 3.63) is 64.1 Å². The Bertz CT molecular complexity index is 980. The maximum Gasteiger partial charge on any atom is 0.276 e. The molecule has 3 rings (SSSR count). The van der Waals surface area contributed by atoms with Crippen molar-refractivity contribution in [3.63, 3.8) is 0 Å². The highest BCUT2D eigenvalue weighted by Crippen LogP contribution is 2.38. The van der Waals surface area contributed by atoms with Gasteiger partial charge in [0.2, 0.25) is 0 Å². The molecule has 0 aliphatic carbocycles. The number of nitrogens with one attached hydrogen (secondary N) is 1. The molecular weight excluding hydrogens is 415 g/mol. The third-order valence-electron chi connectivity index (χ3n) is 4.19. The molecule has 0 radical (unpaired) electrons. The molecule has 1 fully saturated rings. The second-order valence-corrected chi connectivity index (χ2v) is 7.01. The van der Waals surface area contributed by atoms with E-state index in [1.54, 1.807) is 30.3 Å². The van der Waals surface area contributed by atoms with E-state index in [1.165, 1.54) is 17.0 Å². The van der Waals surface area contributed by atoms with Crippen molar-refractivity contribution < 1.29 is 18.7 Å². The number of halogens is 2. The molecule has 0 aromatic heterocycles. The summed E-state index contributed by atoms with van der Waals surface area (Å²) in [5.41, 5.74) is 1.69. The first-order chi connectivity index (χ1) is 13.9. The molecule has 2 aromatic rings. The van der Waals surface area contributed by atoms with Crippen LogP contribution in [0.5, 0.6) is 11.5 Å². The fourth-order valence-electron chi connectivity index (χ4n) is 2.88. The maximum atomic E-state index is 13.4. The van der Waals surface area contributed by atoms with Crippen molar-refractivity contribution in [1.82, 2.24) is 10.2 Å². The van der Waals surface area contributed by atoms with E-state index in [-0.39, 0.29) is 18.3 Å². The zero-order chi connectivity index (χ0) is 21.0. The Kier molecular flexibility index (Phi) is 6.71. The standard InChI is InChI=1S/C21H20ClFN2O3S/c1-3-25-20(26)17(24-21(25)29)10-14-9-16(22)19(18(11-14)27-4-2)28-12-13-6-5-7-15(23)8-13/h5-11H,3-4,12H2,1-2H3,(H,24,29)/b17-10-. The Morgan fingerprint density at radius 1 is 1.24 bits per heavy atom. The smallest absolute Gasteiger partial charge is 0.276 e. The van der Waals surface area contributed by atoms with E-state index < -0.39 is 0 Å². The van der Waals surface area contributed by atoms with Gasteiger partial charge < -0.3 is 14.8 Å². The second kappa shape index (κ2) is 9.24. The maximum absolute atomic E-state index is 13.4. The summed E-state index contributed by atoms with van der Waals surface area (Å²) >= 11 is 11.6. The van der Waals surface area contributed by atoms with Crippen LogP contribution in [0.25, 0.3) is 6.08 Å². The Labute approximate surface area is 179 Å². The van der Waals surface area contributed by atoms with Crippen LogP contribution >= 0.6 is 23.8 Å². The molecule has 5 nitrogen and oxygen atoms in total. The number of amides is 1. The van der Waals surface area contributed by atoms with Gasteiger partial charge >= 0.3 is 0 Å². The predicted octanol–water partition coefficient (Wildman–Crippen LogP) is 4.53. The summed E-state index contributed by atoms with van der Waals surface area (Å²) in [6.07, 6.45) is 1.66. The Hall–Kier alpha value is -2.64. The number of benzene rings is 2. The van der Waals surface area contributed by atoms with Gasteiger partial charge in [0.05, 0.1) is 11.6 Å². The highest BCUT2D eigenvalue weighted by atomic mass is 35.5. The van der Waals surface area contributed by atoms with Crippen molar-refractivity contribution in [2.24, 2.45) is 0 Å². The van der Waals surface area contributed by atoms with E-state index in [9.17, 15) is 9.18 Å². The van der Waals surface area contributed by atoms with E-state index in [2.05, 4.69) is 5.32 Å². The van der Waals surface area contributed by atoms with Gasteiger partial charge in [-0.15, -0.1) is 0 Å². The fraction of sp³-hybridized carbons (Fsp3) is 0.238. The number of carbonyl (C=O) groups excluding carboxylic acids is 1. The van der Waals surface area contributed by atoms with Gasteiger partial charge in [-0.2, -0.15) is 0 Å². The number of thiocarbonyl (C=S) groups is 1. The molecule has 152 valence electrons. The first-order valence-electron chi connectivity index (χ1n) is 9.11. The SMILES string of the molecule is CCOc1cc(/C=C2\NC(=S)N(CC)C2=O)cc(Cl)c1OCc1cccc(F)c1. The minimum atomic E-state index is -0.336. The molecule has 1 heterocycles. The number of hydrogen-bond donors (Lipinski definition) is 1. The van der Waals surface area contributed by atoms with E-state index in [0.29, 0.717) is 51.6 Å². The van der Waals surface area contributed by atoms with E-state index in [1.807, 2.05) is 13.8 Å². The Balaban J connectivity index is 1.87. The zero-order valence-corrected chi connectivity index (χ0v) is 17.6. The molecular formula is C21H20ClFN2O3S. The van der Waals surface area contributed by atoms with Crippen molar-refractivity contribution in [2.45, 2.75) is 20.5 Å². The lowest BCUT2D eigenvalue weighted by molar-refractivity contribution is -0.122. The van der Waals surface area contributed by atoms with Gasteiger partial charge in [0, 0.05) is 6.54 Å². The minimum Gasteiger partial charge on any atom is -0.490 e. The van der Waals surface area contributed by atoms with Gasteiger partial charge in [0.25, 0.3) is 5.91 Å². The van der Waals surface area contributed by atoms with Crippen LogP contribution in [-0.4, -0.2) is 29.1 Å². The molecule has 1 N–H and O–H groups in total. The molecule has 2 aromatic carbocycles. The quantitative estimate of drug-likeness (QED) is 0.512. The molecule has 0 unspecified atom stereocenters. The first kappa shape index (κ1) is 21.1. The lowest BCUT2D eigenvalue weighted by atomic mass is 10.1. The van der Waals surface area contributed by atoms with Crippen LogP contribution in [-0.2, 0) is 11.4 Å². The van der Waals surface area contributed by atoms with Gasteiger partial charge in [-0.3, -0.25) is 9.69 Å². The normalized spacial score (nSPS) is 15.0. The first-order valence-corrected chi connectivity index (χ1v) is 9.89. The van der Waals surface area contributed by atoms with Crippen LogP contribution < -0.4 is 14.8 Å². The molecule has 0 atom stereocenters. The van der Waals surface area contributed by atoms with Gasteiger partial charge in [-0.25, -0.2) is 4.39 Å². The second-order valence-electron chi connectivity index (χ2n) is 6.22. The lowest BCUT2D eigenvalue weighted by Crippen LogP contribution is -2.30. The average molecular weight is 435 g/mol. The predicted molar refractivity (Wildman–Crippen MR) is 114 cm³/mol. The third kappa shape index (κ3) is 4.86. The molecule has 1 saturated heterocycles. The highest BCUT2D eigenvalue weighted by Gasteiger charge is 2.29. The molecule has 0 spiro atoms. The number of carbonyl (C=O) groups is 1. The Morgan fingerprint density at radius 2 is 2.03 bits per heavy atom. The number of nitrogens with zero attached hydrogens (tertiary/aromatic N) is 1. The summed E-state index contributed by atoms with van der Waals surface area (Å²) in [4.78, 5) is 13.9. The topological polar surface area (TPSA) is 50.8 Å². The summed E-state index contributed by atoms with van der Waals surface area (Å²) < 4.78 is 24.8. The number of hydrogen-bond acceptors (Lipinski definition) is 4. The van der Waals surface area contributed by atoms with Gasteiger partial charge in [0.1, 0.15) is 18.1 Å². The summed E-state index contributed by atoms with van der Waals surface area (Å²) in [6.45, 7) is 4.72. The summed E-state index contributed by atoms with van der Waals surface area (Å²) in [7, 11) is 0. The number of ether oxygens (including phenoxy) is 2. The van der Waals surface area contributed by atoms with Crippen LogP contribution in [0.15, 0.2) is 42.1 Å². The van der Waals surface area contributed by atoms with Gasteiger partial charge in [-0.1, -0.05) is 23.7 Å². The molecule has 1 aliphatic heterocycles. The molecule has 1 aliphatic rings. The number of rotatable bonds is 7. The molecule has 1 amide bonds. The monoisotopic (exact) mass is 434 g/mol. The molecule has 0 saturated carbocycles. The molecule has 0 bridgehead atoms. The van der Waals surface area contributed by atoms with Crippen molar-refractivity contribution >= 4 is 40.9 Å². The highest BCUT2D eigenvalue weighted by molar-refractivity contribution is 7.80. The summed E-state index contributed by atoms with van der Waals surface area (Å²) in [5.74, 6) is 0.259. The van der Waals surface area contributed by atoms with Crippen LogP contribution in [0.2, 0.25) is 5.02 Å². The average Bonchev–Trinajstić information content (AvgIpc) is 2.94. The largest absolute Gasteiger partial charge is 0.490 e. The van der Waals surface area contributed by atoms with Crippen molar-refractivity contribution in [1.29, 1.82) is 0 Å². The molecule has 29 heavy (non-hydrogen) atoms. The van der Waals surface area contributed by atoms with Crippen LogP contribution in [0.1, 0.15) is 25.0 Å². The van der Waals surface area contributed by atoms with E-state index in [4.69, 9.17) is 33.3 Å². The minimum absolute atomic E-state index is 0.137. The summed E-state index contributed by atoms with van der Waals surface area (Å²) in [6, 6.07) is 9.54. The van der Waals surface area contributed by atoms with E-state index >= 15 is 0 Å². The fourth-order valence-corrected chi connectivity index (χ4v) is 3.48. The van der Waals surface area contributed by atoms with Gasteiger partial charge in [0.15, 0.2) is 16.6 Å². The Morgan fingerprint density at radius 3 is 2.69 bits per heavy atom. The van der Waals surface area contributed by atoms with Gasteiger partial charge in [-0.05, 0) is 67.5 Å².